The molecule has 0 aromatic heterocycles. The Morgan fingerprint density at radius 2 is 1.76 bits per heavy atom. The average molecular weight is 340 g/mol. The molecule has 0 aliphatic carbocycles. The standard InChI is InChI=1S/C11H11FO.C11H11O.H2.H/c1-2-10(13)8-7-9-5-3-4-6-11(9)12;1-3-11(12)8-10-6-4-9(2)5-7-10;;/h3-8H,2H2,1H3;1,3-7H,8H2,2H3;1H;/b8-7+;;;. The van der Waals surface area contributed by atoms with Gasteiger partial charge in [0.2, 0.25) is 0 Å². The SMILES string of the molecule is CCC(=O)/C=C/c1ccccc1F.[CH]=CC(=O)Cc1ccc(C)cc1.[HH].[H]. The Kier molecular flexibility index (Phi) is 8.80. The maximum atomic E-state index is 13.0. The van der Waals surface area contributed by atoms with Gasteiger partial charge in [0.1, 0.15) is 5.82 Å². The van der Waals surface area contributed by atoms with Crippen molar-refractivity contribution in [2.45, 2.75) is 26.7 Å². The fraction of sp³-hybridized carbons (Fsp3) is 0.182. The highest BCUT2D eigenvalue weighted by Crippen LogP contribution is 2.08. The zero-order chi connectivity index (χ0) is 18.7. The minimum absolute atomic E-state index is 0. The number of rotatable bonds is 6. The lowest BCUT2D eigenvalue weighted by Gasteiger charge is -1.97. The zero-order valence-electron chi connectivity index (χ0n) is 15.5. The topological polar surface area (TPSA) is 34.1 Å². The van der Waals surface area contributed by atoms with E-state index in [4.69, 9.17) is 6.58 Å². The van der Waals surface area contributed by atoms with Gasteiger partial charge in [0.05, 0.1) is 0 Å². The third kappa shape index (κ3) is 8.02. The van der Waals surface area contributed by atoms with Crippen molar-refractivity contribution in [1.82, 2.24) is 0 Å². The maximum Gasteiger partial charge on any atom is 0.160 e. The normalized spacial score (nSPS) is 10.0. The number of hydrogen-bond donors (Lipinski definition) is 0. The first kappa shape index (κ1) is 20.2. The summed E-state index contributed by atoms with van der Waals surface area (Å²) in [5, 5.41) is 0. The molecule has 0 N–H and O–H groups in total. The van der Waals surface area contributed by atoms with Gasteiger partial charge >= 0.3 is 0 Å². The summed E-state index contributed by atoms with van der Waals surface area (Å²) in [7, 11) is 0. The summed E-state index contributed by atoms with van der Waals surface area (Å²) < 4.78 is 13.0. The van der Waals surface area contributed by atoms with Crippen molar-refractivity contribution >= 4 is 17.6 Å². The van der Waals surface area contributed by atoms with Gasteiger partial charge in [0.15, 0.2) is 11.6 Å². The van der Waals surface area contributed by atoms with Crippen LogP contribution in [0.5, 0.6) is 0 Å². The molecule has 3 heteroatoms. The van der Waals surface area contributed by atoms with Crippen molar-refractivity contribution < 1.29 is 16.8 Å². The molecule has 2 rings (SSSR count). The van der Waals surface area contributed by atoms with Gasteiger partial charge in [0.25, 0.3) is 0 Å². The van der Waals surface area contributed by atoms with Crippen molar-refractivity contribution in [3.8, 4) is 0 Å². The highest BCUT2D eigenvalue weighted by Gasteiger charge is 1.97. The summed E-state index contributed by atoms with van der Waals surface area (Å²) in [6, 6.07) is 14.2. The molecule has 0 atom stereocenters. The highest BCUT2D eigenvalue weighted by molar-refractivity contribution is 5.93. The monoisotopic (exact) mass is 340 g/mol. The molecule has 0 aliphatic rings. The number of carbonyl (C=O) groups is 2. The third-order valence-electron chi connectivity index (χ3n) is 3.39. The fourth-order valence-corrected chi connectivity index (χ4v) is 1.88. The van der Waals surface area contributed by atoms with Crippen LogP contribution in [-0.2, 0) is 16.0 Å². The van der Waals surface area contributed by atoms with Gasteiger partial charge in [-0.1, -0.05) is 61.5 Å². The van der Waals surface area contributed by atoms with Crippen LogP contribution in [-0.4, -0.2) is 11.6 Å². The molecule has 0 spiro atoms. The fourth-order valence-electron chi connectivity index (χ4n) is 1.88. The average Bonchev–Trinajstić information content (AvgIpc) is 2.63. The summed E-state index contributed by atoms with van der Waals surface area (Å²) in [5.41, 5.74) is 2.65. The molecule has 0 heterocycles. The van der Waals surface area contributed by atoms with Gasteiger partial charge in [0, 0.05) is 21.3 Å². The van der Waals surface area contributed by atoms with Crippen molar-refractivity contribution in [1.29, 1.82) is 0 Å². The molecule has 0 amide bonds. The van der Waals surface area contributed by atoms with E-state index in [1.165, 1.54) is 23.8 Å². The summed E-state index contributed by atoms with van der Waals surface area (Å²) in [5.74, 6) is -0.343. The zero-order valence-corrected chi connectivity index (χ0v) is 14.5. The number of aryl methyl sites for hydroxylation is 1. The van der Waals surface area contributed by atoms with Crippen LogP contribution in [0.4, 0.5) is 4.39 Å². The van der Waals surface area contributed by atoms with E-state index in [0.717, 1.165) is 11.6 Å². The highest BCUT2D eigenvalue weighted by atomic mass is 19.1. The molecule has 0 saturated heterocycles. The van der Waals surface area contributed by atoms with E-state index < -0.39 is 0 Å². The summed E-state index contributed by atoms with van der Waals surface area (Å²) in [4.78, 5) is 21.8. The second-order valence-electron chi connectivity index (χ2n) is 5.47. The predicted octanol–water partition coefficient (Wildman–Crippen LogP) is 5.27. The molecule has 2 aromatic carbocycles. The Labute approximate surface area is 151 Å². The van der Waals surface area contributed by atoms with Gasteiger partial charge in [-0.05, 0) is 36.8 Å². The second-order valence-corrected chi connectivity index (χ2v) is 5.47. The summed E-state index contributed by atoms with van der Waals surface area (Å²) in [6.45, 7) is 8.86. The van der Waals surface area contributed by atoms with E-state index in [1.54, 1.807) is 25.1 Å². The lowest BCUT2D eigenvalue weighted by Crippen LogP contribution is -1.97. The second kappa shape index (κ2) is 10.9. The molecule has 2 nitrogen and oxygen atoms in total. The molecule has 0 fully saturated rings. The minimum atomic E-state index is -0.303. The quantitative estimate of drug-likeness (QED) is 0.671. The number of benzene rings is 2. The third-order valence-corrected chi connectivity index (χ3v) is 3.39. The number of hydrogen-bond acceptors (Lipinski definition) is 2. The first-order valence-corrected chi connectivity index (χ1v) is 8.05. The van der Waals surface area contributed by atoms with Gasteiger partial charge in [-0.25, -0.2) is 4.39 Å². The van der Waals surface area contributed by atoms with E-state index in [9.17, 15) is 14.0 Å². The van der Waals surface area contributed by atoms with Gasteiger partial charge < -0.3 is 0 Å². The molecular weight excluding hydrogens is 315 g/mol. The molecule has 0 aliphatic heterocycles. The summed E-state index contributed by atoms with van der Waals surface area (Å²) >= 11 is 0. The van der Waals surface area contributed by atoms with Gasteiger partial charge in [-0.3, -0.25) is 9.59 Å². The van der Waals surface area contributed by atoms with Crippen LogP contribution in [0, 0.1) is 19.3 Å². The van der Waals surface area contributed by atoms with E-state index in [0.29, 0.717) is 18.4 Å². The van der Waals surface area contributed by atoms with Crippen molar-refractivity contribution in [2.24, 2.45) is 0 Å². The van der Waals surface area contributed by atoms with Crippen LogP contribution in [0.25, 0.3) is 6.08 Å². The van der Waals surface area contributed by atoms with E-state index in [-0.39, 0.29) is 20.2 Å². The molecule has 0 bridgehead atoms. The number of halogens is 1. The Morgan fingerprint density at radius 3 is 2.32 bits per heavy atom. The van der Waals surface area contributed by atoms with Crippen LogP contribution in [0.1, 0.15) is 32.9 Å². The Bertz CT molecular complexity index is 753. The van der Waals surface area contributed by atoms with Crippen molar-refractivity contribution in [3.63, 3.8) is 0 Å². The Hall–Kier alpha value is -2.81. The molecule has 132 valence electrons. The molecule has 25 heavy (non-hydrogen) atoms. The Balaban J connectivity index is 0. The largest absolute Gasteiger partial charge is 0.295 e. The van der Waals surface area contributed by atoms with Crippen LogP contribution >= 0.6 is 0 Å². The van der Waals surface area contributed by atoms with E-state index in [1.807, 2.05) is 31.2 Å². The molecule has 0 saturated carbocycles. The Morgan fingerprint density at radius 1 is 1.12 bits per heavy atom. The molecule has 2 radical (unpaired) electrons. The van der Waals surface area contributed by atoms with Crippen LogP contribution < -0.4 is 0 Å². The molecule has 2 aromatic rings. The van der Waals surface area contributed by atoms with Crippen LogP contribution in [0.3, 0.4) is 0 Å². The van der Waals surface area contributed by atoms with E-state index in [2.05, 4.69) is 0 Å². The van der Waals surface area contributed by atoms with Crippen LogP contribution in [0.2, 0.25) is 0 Å². The maximum absolute atomic E-state index is 13.0. The van der Waals surface area contributed by atoms with Crippen molar-refractivity contribution in [2.75, 3.05) is 0 Å². The lowest BCUT2D eigenvalue weighted by atomic mass is 10.1. The smallest absolute Gasteiger partial charge is 0.160 e. The summed E-state index contributed by atoms with van der Waals surface area (Å²) in [6.07, 6.45) is 4.86. The minimum Gasteiger partial charge on any atom is -0.295 e. The lowest BCUT2D eigenvalue weighted by molar-refractivity contribution is -0.114. The first-order valence-electron chi connectivity index (χ1n) is 8.05. The molecular formula is C22H25FO2. The number of carbonyl (C=O) groups excluding carboxylic acids is 2. The van der Waals surface area contributed by atoms with Crippen LogP contribution in [0.15, 0.2) is 60.7 Å². The van der Waals surface area contributed by atoms with Gasteiger partial charge in [-0.2, -0.15) is 0 Å². The number of ketones is 2. The predicted molar refractivity (Wildman–Crippen MR) is 103 cm³/mol. The van der Waals surface area contributed by atoms with Gasteiger partial charge in [-0.15, -0.1) is 0 Å². The molecule has 0 unspecified atom stereocenters. The van der Waals surface area contributed by atoms with E-state index >= 15 is 0 Å². The number of allylic oxidation sites excluding steroid dienone is 2. The first-order chi connectivity index (χ1) is 12.0. The van der Waals surface area contributed by atoms with Crippen molar-refractivity contribution in [3.05, 3.63) is 89.8 Å².